The van der Waals surface area contributed by atoms with Crippen molar-refractivity contribution in [3.05, 3.63) is 47.0 Å². The van der Waals surface area contributed by atoms with Gasteiger partial charge in [0.25, 0.3) is 0 Å². The van der Waals surface area contributed by atoms with E-state index < -0.39 is 0 Å². The van der Waals surface area contributed by atoms with Crippen molar-refractivity contribution in [3.8, 4) is 0 Å². The monoisotopic (exact) mass is 234 g/mol. The Labute approximate surface area is 98.8 Å². The minimum absolute atomic E-state index is 0.235. The largest absolute Gasteiger partial charge is 0.469 e. The second-order valence-corrected chi connectivity index (χ2v) is 3.96. The molecule has 0 aliphatic carbocycles. The van der Waals surface area contributed by atoms with Gasteiger partial charge in [0.05, 0.1) is 13.5 Å². The molecule has 82 valence electrons. The van der Waals surface area contributed by atoms with Gasteiger partial charge in [-0.05, 0) is 17.0 Å². The number of halogens is 1. The van der Waals surface area contributed by atoms with Crippen LogP contribution in [0.25, 0.3) is 10.8 Å². The van der Waals surface area contributed by atoms with Gasteiger partial charge in [0.15, 0.2) is 0 Å². The van der Waals surface area contributed by atoms with E-state index in [4.69, 9.17) is 11.6 Å². The highest BCUT2D eigenvalue weighted by Gasteiger charge is 2.04. The van der Waals surface area contributed by atoms with Crippen LogP contribution in [-0.2, 0) is 16.0 Å². The van der Waals surface area contributed by atoms with Gasteiger partial charge >= 0.3 is 5.97 Å². The molecular weight excluding hydrogens is 224 g/mol. The zero-order chi connectivity index (χ0) is 11.5. The average molecular weight is 235 g/mol. The fourth-order valence-electron chi connectivity index (χ4n) is 1.64. The molecule has 0 aliphatic rings. The number of hydrogen-bond acceptors (Lipinski definition) is 2. The fourth-order valence-corrected chi connectivity index (χ4v) is 1.89. The number of benzene rings is 2. The first-order valence-electron chi connectivity index (χ1n) is 4.94. The smallest absolute Gasteiger partial charge is 0.309 e. The predicted molar refractivity (Wildman–Crippen MR) is 64.7 cm³/mol. The molecule has 2 nitrogen and oxygen atoms in total. The number of carbonyl (C=O) groups is 1. The van der Waals surface area contributed by atoms with Gasteiger partial charge in [-0.3, -0.25) is 4.79 Å². The van der Waals surface area contributed by atoms with Gasteiger partial charge in [-0.15, -0.1) is 0 Å². The third-order valence-corrected chi connectivity index (χ3v) is 2.80. The maximum atomic E-state index is 11.1. The summed E-state index contributed by atoms with van der Waals surface area (Å²) in [6.45, 7) is 0. The number of carbonyl (C=O) groups excluding carboxylic acids is 1. The molecule has 16 heavy (non-hydrogen) atoms. The lowest BCUT2D eigenvalue weighted by Gasteiger charge is -2.04. The van der Waals surface area contributed by atoms with Crippen LogP contribution in [-0.4, -0.2) is 13.1 Å². The van der Waals surface area contributed by atoms with Crippen LogP contribution in [0.4, 0.5) is 0 Å². The Morgan fingerprint density at radius 2 is 2.12 bits per heavy atom. The van der Waals surface area contributed by atoms with Crippen molar-refractivity contribution in [2.24, 2.45) is 0 Å². The second kappa shape index (κ2) is 4.54. The molecular formula is C13H11ClO2. The third kappa shape index (κ3) is 2.17. The van der Waals surface area contributed by atoms with Crippen molar-refractivity contribution in [2.75, 3.05) is 7.11 Å². The normalized spacial score (nSPS) is 10.4. The third-order valence-electron chi connectivity index (χ3n) is 2.47. The molecule has 0 saturated carbocycles. The van der Waals surface area contributed by atoms with E-state index >= 15 is 0 Å². The Balaban J connectivity index is 2.41. The maximum Gasteiger partial charge on any atom is 0.309 e. The molecule has 0 N–H and O–H groups in total. The fraction of sp³-hybridized carbons (Fsp3) is 0.154. The van der Waals surface area contributed by atoms with E-state index in [9.17, 15) is 4.79 Å². The number of rotatable bonds is 2. The van der Waals surface area contributed by atoms with Crippen molar-refractivity contribution >= 4 is 28.3 Å². The van der Waals surface area contributed by atoms with Crippen LogP contribution in [0.1, 0.15) is 5.56 Å². The van der Waals surface area contributed by atoms with Crippen LogP contribution in [0, 0.1) is 0 Å². The molecule has 0 atom stereocenters. The molecule has 0 bridgehead atoms. The zero-order valence-corrected chi connectivity index (χ0v) is 9.62. The van der Waals surface area contributed by atoms with Crippen LogP contribution in [0.5, 0.6) is 0 Å². The van der Waals surface area contributed by atoms with Crippen molar-refractivity contribution in [1.82, 2.24) is 0 Å². The maximum absolute atomic E-state index is 11.1. The number of fused-ring (bicyclic) bond motifs is 1. The second-order valence-electron chi connectivity index (χ2n) is 3.55. The predicted octanol–water partition coefficient (Wildman–Crippen LogP) is 3.21. The Kier molecular flexibility index (Phi) is 3.11. The number of hydrogen-bond donors (Lipinski definition) is 0. The van der Waals surface area contributed by atoms with Crippen LogP contribution in [0.2, 0.25) is 5.02 Å². The van der Waals surface area contributed by atoms with Crippen LogP contribution in [0.15, 0.2) is 36.4 Å². The van der Waals surface area contributed by atoms with E-state index in [1.165, 1.54) is 7.11 Å². The molecule has 0 aromatic heterocycles. The first-order valence-corrected chi connectivity index (χ1v) is 5.32. The first kappa shape index (κ1) is 11.0. The summed E-state index contributed by atoms with van der Waals surface area (Å²) in [6.07, 6.45) is 0.291. The van der Waals surface area contributed by atoms with E-state index in [1.807, 2.05) is 36.4 Å². The van der Waals surface area contributed by atoms with E-state index in [0.717, 1.165) is 21.4 Å². The molecule has 2 aromatic rings. The van der Waals surface area contributed by atoms with Crippen LogP contribution >= 0.6 is 11.6 Å². The Morgan fingerprint density at radius 1 is 1.31 bits per heavy atom. The summed E-state index contributed by atoms with van der Waals surface area (Å²) in [7, 11) is 1.39. The van der Waals surface area contributed by atoms with Gasteiger partial charge in [0.1, 0.15) is 0 Å². The summed E-state index contributed by atoms with van der Waals surface area (Å²) >= 11 is 6.05. The number of ether oxygens (including phenoxy) is 1. The molecule has 0 radical (unpaired) electrons. The summed E-state index contributed by atoms with van der Waals surface area (Å²) in [6, 6.07) is 11.5. The highest BCUT2D eigenvalue weighted by molar-refractivity contribution is 6.35. The molecule has 0 aliphatic heterocycles. The van der Waals surface area contributed by atoms with Crippen molar-refractivity contribution in [3.63, 3.8) is 0 Å². The molecule has 0 spiro atoms. The minimum atomic E-state index is -0.235. The van der Waals surface area contributed by atoms with Crippen molar-refractivity contribution in [1.29, 1.82) is 0 Å². The lowest BCUT2D eigenvalue weighted by Crippen LogP contribution is -2.04. The first-order chi connectivity index (χ1) is 7.70. The molecule has 3 heteroatoms. The molecule has 0 unspecified atom stereocenters. The van der Waals surface area contributed by atoms with E-state index in [2.05, 4.69) is 4.74 Å². The summed E-state index contributed by atoms with van der Waals surface area (Å²) in [5, 5.41) is 2.76. The summed E-state index contributed by atoms with van der Waals surface area (Å²) in [5.74, 6) is -0.235. The Hall–Kier alpha value is -1.54. The van der Waals surface area contributed by atoms with Crippen LogP contribution in [0.3, 0.4) is 0 Å². The molecule has 2 rings (SSSR count). The summed E-state index contributed by atoms with van der Waals surface area (Å²) in [5.41, 5.74) is 0.932. The zero-order valence-electron chi connectivity index (χ0n) is 8.87. The van der Waals surface area contributed by atoms with Gasteiger partial charge in [-0.2, -0.15) is 0 Å². The molecule has 0 fully saturated rings. The summed E-state index contributed by atoms with van der Waals surface area (Å²) in [4.78, 5) is 11.1. The Bertz CT molecular complexity index is 534. The number of methoxy groups -OCH3 is 1. The van der Waals surface area contributed by atoms with E-state index in [1.54, 1.807) is 0 Å². The van der Waals surface area contributed by atoms with E-state index in [0.29, 0.717) is 6.42 Å². The average Bonchev–Trinajstić information content (AvgIpc) is 2.29. The van der Waals surface area contributed by atoms with Gasteiger partial charge < -0.3 is 4.74 Å². The van der Waals surface area contributed by atoms with Gasteiger partial charge in [-0.25, -0.2) is 0 Å². The molecule has 0 heterocycles. The Morgan fingerprint density at radius 3 is 2.88 bits per heavy atom. The molecule has 0 amide bonds. The van der Waals surface area contributed by atoms with Gasteiger partial charge in [0, 0.05) is 10.4 Å². The minimum Gasteiger partial charge on any atom is -0.469 e. The lowest BCUT2D eigenvalue weighted by molar-refractivity contribution is -0.139. The van der Waals surface area contributed by atoms with Crippen LogP contribution < -0.4 is 0 Å². The lowest BCUT2D eigenvalue weighted by atomic mass is 10.1. The van der Waals surface area contributed by atoms with Crippen molar-refractivity contribution in [2.45, 2.75) is 6.42 Å². The number of esters is 1. The topological polar surface area (TPSA) is 26.3 Å². The van der Waals surface area contributed by atoms with Crippen molar-refractivity contribution < 1.29 is 9.53 Å². The SMILES string of the molecule is COC(=O)Cc1ccc2c(Cl)cccc2c1. The standard InChI is InChI=1S/C13H11ClO2/c1-16-13(15)8-9-5-6-11-10(7-9)3-2-4-12(11)14/h2-7H,8H2,1H3. The highest BCUT2D eigenvalue weighted by atomic mass is 35.5. The van der Waals surface area contributed by atoms with Gasteiger partial charge in [-0.1, -0.05) is 41.9 Å². The van der Waals surface area contributed by atoms with Gasteiger partial charge in [0.2, 0.25) is 0 Å². The highest BCUT2D eigenvalue weighted by Crippen LogP contribution is 2.24. The molecule has 2 aromatic carbocycles. The summed E-state index contributed by atoms with van der Waals surface area (Å²) < 4.78 is 4.62. The van der Waals surface area contributed by atoms with E-state index in [-0.39, 0.29) is 5.97 Å². The quantitative estimate of drug-likeness (QED) is 0.746. The molecule has 0 saturated heterocycles.